The standard InChI is InChI=1S/C13H21NOS/c1-4-11-5-6-12(16-11)7-14(3)8-13(2)9-15-10-13/h5-6H,4,7-10H2,1-3H3. The second-order valence-electron chi connectivity index (χ2n) is 5.20. The molecule has 0 aliphatic carbocycles. The number of aryl methyl sites for hydroxylation is 1. The minimum absolute atomic E-state index is 0.388. The molecule has 0 spiro atoms. The molecule has 0 unspecified atom stereocenters. The zero-order chi connectivity index (χ0) is 11.6. The molecule has 3 heteroatoms. The van der Waals surface area contributed by atoms with Crippen LogP contribution in [0.3, 0.4) is 0 Å². The Labute approximate surface area is 102 Å². The largest absolute Gasteiger partial charge is 0.380 e. The molecule has 0 saturated carbocycles. The van der Waals surface area contributed by atoms with Gasteiger partial charge in [-0.2, -0.15) is 0 Å². The van der Waals surface area contributed by atoms with Gasteiger partial charge in [-0.15, -0.1) is 11.3 Å². The second kappa shape index (κ2) is 4.86. The predicted molar refractivity (Wildman–Crippen MR) is 69.0 cm³/mol. The lowest BCUT2D eigenvalue weighted by Gasteiger charge is -2.40. The molecule has 0 atom stereocenters. The zero-order valence-electron chi connectivity index (χ0n) is 10.5. The van der Waals surface area contributed by atoms with Gasteiger partial charge in [0.15, 0.2) is 0 Å². The maximum Gasteiger partial charge on any atom is 0.0554 e. The summed E-state index contributed by atoms with van der Waals surface area (Å²) in [5, 5.41) is 0. The van der Waals surface area contributed by atoms with Crippen LogP contribution in [0.25, 0.3) is 0 Å². The van der Waals surface area contributed by atoms with Crippen molar-refractivity contribution in [2.45, 2.75) is 26.8 Å². The first-order valence-electron chi connectivity index (χ1n) is 5.95. The average molecular weight is 239 g/mol. The van der Waals surface area contributed by atoms with Gasteiger partial charge in [0, 0.05) is 28.3 Å². The summed E-state index contributed by atoms with van der Waals surface area (Å²) in [6, 6.07) is 4.52. The van der Waals surface area contributed by atoms with Crippen LogP contribution in [0.1, 0.15) is 23.6 Å². The minimum Gasteiger partial charge on any atom is -0.380 e. The van der Waals surface area contributed by atoms with Crippen LogP contribution >= 0.6 is 11.3 Å². The molecular weight excluding hydrogens is 218 g/mol. The fraction of sp³-hybridized carbons (Fsp3) is 0.692. The van der Waals surface area contributed by atoms with Gasteiger partial charge >= 0.3 is 0 Å². The first-order chi connectivity index (χ1) is 7.61. The number of thiophene rings is 1. The molecule has 0 bridgehead atoms. The third-order valence-electron chi connectivity index (χ3n) is 3.04. The highest BCUT2D eigenvalue weighted by Gasteiger charge is 2.34. The van der Waals surface area contributed by atoms with Crippen molar-refractivity contribution in [3.63, 3.8) is 0 Å². The van der Waals surface area contributed by atoms with E-state index in [0.29, 0.717) is 5.41 Å². The van der Waals surface area contributed by atoms with Crippen molar-refractivity contribution in [1.29, 1.82) is 0 Å². The normalized spacial score (nSPS) is 18.8. The van der Waals surface area contributed by atoms with Crippen molar-refractivity contribution in [2.24, 2.45) is 5.41 Å². The van der Waals surface area contributed by atoms with E-state index < -0.39 is 0 Å². The maximum absolute atomic E-state index is 5.29. The van der Waals surface area contributed by atoms with E-state index in [1.54, 1.807) is 0 Å². The molecule has 1 saturated heterocycles. The topological polar surface area (TPSA) is 12.5 Å². The van der Waals surface area contributed by atoms with Gasteiger partial charge in [-0.1, -0.05) is 13.8 Å². The molecule has 1 aliphatic rings. The molecule has 2 heterocycles. The zero-order valence-corrected chi connectivity index (χ0v) is 11.3. The summed E-state index contributed by atoms with van der Waals surface area (Å²) in [4.78, 5) is 5.37. The molecule has 0 N–H and O–H groups in total. The van der Waals surface area contributed by atoms with Crippen LogP contribution in [-0.2, 0) is 17.7 Å². The van der Waals surface area contributed by atoms with E-state index >= 15 is 0 Å². The number of hydrogen-bond donors (Lipinski definition) is 0. The minimum atomic E-state index is 0.388. The molecule has 0 amide bonds. The Kier molecular flexibility index (Phi) is 3.67. The summed E-state index contributed by atoms with van der Waals surface area (Å²) in [7, 11) is 2.20. The maximum atomic E-state index is 5.29. The third kappa shape index (κ3) is 2.84. The van der Waals surface area contributed by atoms with Crippen LogP contribution in [0.2, 0.25) is 0 Å². The average Bonchev–Trinajstić information content (AvgIpc) is 2.63. The smallest absolute Gasteiger partial charge is 0.0554 e. The lowest BCUT2D eigenvalue weighted by atomic mass is 9.88. The van der Waals surface area contributed by atoms with Crippen LogP contribution in [0.5, 0.6) is 0 Å². The van der Waals surface area contributed by atoms with Crippen LogP contribution < -0.4 is 0 Å². The lowest BCUT2D eigenvalue weighted by Crippen LogP contribution is -2.47. The molecule has 0 aromatic carbocycles. The van der Waals surface area contributed by atoms with E-state index in [4.69, 9.17) is 4.74 Å². The number of hydrogen-bond acceptors (Lipinski definition) is 3. The number of ether oxygens (including phenoxy) is 1. The van der Waals surface area contributed by atoms with Crippen molar-refractivity contribution >= 4 is 11.3 Å². The first-order valence-corrected chi connectivity index (χ1v) is 6.77. The fourth-order valence-electron chi connectivity index (χ4n) is 2.21. The summed E-state index contributed by atoms with van der Waals surface area (Å²) in [6.45, 7) is 8.56. The van der Waals surface area contributed by atoms with Gasteiger partial charge in [-0.25, -0.2) is 0 Å². The second-order valence-corrected chi connectivity index (χ2v) is 6.45. The van der Waals surface area contributed by atoms with E-state index in [-0.39, 0.29) is 0 Å². The molecule has 1 fully saturated rings. The molecule has 2 nitrogen and oxygen atoms in total. The van der Waals surface area contributed by atoms with Gasteiger partial charge in [0.2, 0.25) is 0 Å². The van der Waals surface area contributed by atoms with Gasteiger partial charge in [0.25, 0.3) is 0 Å². The Morgan fingerprint density at radius 3 is 2.56 bits per heavy atom. The summed E-state index contributed by atoms with van der Waals surface area (Å²) < 4.78 is 5.29. The van der Waals surface area contributed by atoms with Crippen molar-refractivity contribution in [2.75, 3.05) is 26.8 Å². The fourth-order valence-corrected chi connectivity index (χ4v) is 3.25. The van der Waals surface area contributed by atoms with Crippen LogP contribution in [0.4, 0.5) is 0 Å². The number of rotatable bonds is 5. The van der Waals surface area contributed by atoms with E-state index in [1.807, 2.05) is 11.3 Å². The Morgan fingerprint density at radius 1 is 1.38 bits per heavy atom. The molecular formula is C13H21NOS. The summed E-state index contributed by atoms with van der Waals surface area (Å²) >= 11 is 1.94. The highest BCUT2D eigenvalue weighted by Crippen LogP contribution is 2.28. The lowest BCUT2D eigenvalue weighted by molar-refractivity contribution is -0.113. The van der Waals surface area contributed by atoms with E-state index in [9.17, 15) is 0 Å². The van der Waals surface area contributed by atoms with Gasteiger partial charge in [0.1, 0.15) is 0 Å². The number of nitrogens with zero attached hydrogens (tertiary/aromatic N) is 1. The molecule has 2 rings (SSSR count). The van der Waals surface area contributed by atoms with E-state index in [2.05, 4.69) is 37.9 Å². The third-order valence-corrected chi connectivity index (χ3v) is 4.26. The molecule has 16 heavy (non-hydrogen) atoms. The highest BCUT2D eigenvalue weighted by atomic mass is 32.1. The van der Waals surface area contributed by atoms with Gasteiger partial charge in [0.05, 0.1) is 13.2 Å². The van der Waals surface area contributed by atoms with Crippen molar-refractivity contribution < 1.29 is 4.74 Å². The molecule has 1 aliphatic heterocycles. The Bertz CT molecular complexity index is 343. The highest BCUT2D eigenvalue weighted by molar-refractivity contribution is 7.11. The SMILES string of the molecule is CCc1ccc(CN(C)CC2(C)COC2)s1. The van der Waals surface area contributed by atoms with Crippen LogP contribution in [0, 0.1) is 5.41 Å². The van der Waals surface area contributed by atoms with Gasteiger partial charge in [-0.3, -0.25) is 0 Å². The Morgan fingerprint density at radius 2 is 2.06 bits per heavy atom. The summed E-state index contributed by atoms with van der Waals surface area (Å²) in [5.74, 6) is 0. The van der Waals surface area contributed by atoms with E-state index in [1.165, 1.54) is 9.75 Å². The Hall–Kier alpha value is -0.380. The monoisotopic (exact) mass is 239 g/mol. The van der Waals surface area contributed by atoms with Crippen molar-refractivity contribution in [3.8, 4) is 0 Å². The van der Waals surface area contributed by atoms with E-state index in [0.717, 1.165) is 32.7 Å². The molecule has 1 aromatic rings. The summed E-state index contributed by atoms with van der Waals surface area (Å²) in [6.07, 6.45) is 1.15. The molecule has 0 radical (unpaired) electrons. The summed E-state index contributed by atoms with van der Waals surface area (Å²) in [5.41, 5.74) is 0.388. The predicted octanol–water partition coefficient (Wildman–Crippen LogP) is 2.78. The van der Waals surface area contributed by atoms with Gasteiger partial charge < -0.3 is 9.64 Å². The van der Waals surface area contributed by atoms with Gasteiger partial charge in [-0.05, 0) is 25.6 Å². The van der Waals surface area contributed by atoms with Crippen molar-refractivity contribution in [1.82, 2.24) is 4.90 Å². The van der Waals surface area contributed by atoms with Crippen LogP contribution in [0.15, 0.2) is 12.1 Å². The first kappa shape index (κ1) is 12.1. The molecule has 1 aromatic heterocycles. The van der Waals surface area contributed by atoms with Crippen LogP contribution in [-0.4, -0.2) is 31.7 Å². The van der Waals surface area contributed by atoms with Crippen molar-refractivity contribution in [3.05, 3.63) is 21.9 Å². The Balaban J connectivity index is 1.84. The molecule has 90 valence electrons. The quantitative estimate of drug-likeness (QED) is 0.783.